The highest BCUT2D eigenvalue weighted by atomic mass is 19.1. The zero-order valence-corrected chi connectivity index (χ0v) is 28.3. The number of nitrogens with zero attached hydrogens (tertiary/aromatic N) is 2. The maximum atomic E-state index is 14.8. The van der Waals surface area contributed by atoms with Crippen LogP contribution in [-0.4, -0.2) is 44.7 Å². The van der Waals surface area contributed by atoms with Gasteiger partial charge in [0.15, 0.2) is 0 Å². The number of halogens is 4. The van der Waals surface area contributed by atoms with Crippen LogP contribution >= 0.6 is 0 Å². The van der Waals surface area contributed by atoms with Crippen molar-refractivity contribution in [3.05, 3.63) is 124 Å². The molecule has 1 saturated carbocycles. The summed E-state index contributed by atoms with van der Waals surface area (Å²) in [6.45, 7) is 0.971. The molecule has 4 aromatic rings. The summed E-state index contributed by atoms with van der Waals surface area (Å²) in [5.74, 6) is -0.462. The molecule has 11 nitrogen and oxygen atoms in total. The fourth-order valence-corrected chi connectivity index (χ4v) is 7.85. The van der Waals surface area contributed by atoms with Crippen molar-refractivity contribution in [2.75, 3.05) is 23.8 Å². The van der Waals surface area contributed by atoms with Crippen LogP contribution in [0.3, 0.4) is 0 Å². The number of H-pyrrole nitrogens is 2. The normalized spacial score (nSPS) is 23.3. The second-order valence-corrected chi connectivity index (χ2v) is 13.8. The smallest absolute Gasteiger partial charge is 0.330 e. The van der Waals surface area contributed by atoms with Gasteiger partial charge in [0.2, 0.25) is 0 Å². The summed E-state index contributed by atoms with van der Waals surface area (Å²) < 4.78 is 64.2. The van der Waals surface area contributed by atoms with E-state index >= 15 is 0 Å². The molecule has 0 unspecified atom stereocenters. The molecule has 276 valence electrons. The third-order valence-electron chi connectivity index (χ3n) is 10.5. The Kier molecular flexibility index (Phi) is 10.2. The van der Waals surface area contributed by atoms with Gasteiger partial charge in [0.1, 0.15) is 35.6 Å². The zero-order chi connectivity index (χ0) is 36.5. The van der Waals surface area contributed by atoms with E-state index in [0.717, 1.165) is 32.1 Å². The van der Waals surface area contributed by atoms with Crippen molar-refractivity contribution in [2.45, 2.75) is 94.3 Å². The van der Waals surface area contributed by atoms with Crippen molar-refractivity contribution >= 4 is 11.6 Å². The lowest BCUT2D eigenvalue weighted by Gasteiger charge is -2.31. The topological polar surface area (TPSA) is 143 Å². The molecule has 1 aliphatic carbocycles. The van der Waals surface area contributed by atoms with Crippen LogP contribution < -0.4 is 33.1 Å². The molecule has 0 bridgehead atoms. The van der Waals surface area contributed by atoms with Crippen molar-refractivity contribution < 1.29 is 22.3 Å². The van der Waals surface area contributed by atoms with Gasteiger partial charge in [-0.3, -0.25) is 28.7 Å². The number of anilines is 2. The number of hydrogen-bond acceptors (Lipinski definition) is 7. The highest BCUT2D eigenvalue weighted by Crippen LogP contribution is 2.34. The van der Waals surface area contributed by atoms with E-state index in [-0.39, 0.29) is 47.7 Å². The first-order valence-electron chi connectivity index (χ1n) is 17.7. The maximum Gasteiger partial charge on any atom is 0.330 e. The van der Waals surface area contributed by atoms with Crippen LogP contribution in [0.2, 0.25) is 0 Å². The lowest BCUT2D eigenvalue weighted by atomic mass is 9.93. The summed E-state index contributed by atoms with van der Waals surface area (Å²) in [7, 11) is 0. The molecule has 0 spiro atoms. The molecule has 4 aliphatic rings. The first-order valence-corrected chi connectivity index (χ1v) is 17.7. The van der Waals surface area contributed by atoms with Crippen LogP contribution in [0.4, 0.5) is 29.2 Å². The molecule has 8 rings (SSSR count). The summed E-state index contributed by atoms with van der Waals surface area (Å²) >= 11 is 0. The average Bonchev–Trinajstić information content (AvgIpc) is 3.13. The van der Waals surface area contributed by atoms with Crippen LogP contribution in [0, 0.1) is 11.6 Å². The second kappa shape index (κ2) is 15.0. The molecule has 0 radical (unpaired) electrons. The Morgan fingerprint density at radius 3 is 1.50 bits per heavy atom. The Bertz CT molecular complexity index is 2020. The first kappa shape index (κ1) is 35.5. The van der Waals surface area contributed by atoms with Crippen molar-refractivity contribution in [3.8, 4) is 0 Å². The fraction of sp³-hybridized carbons (Fsp3) is 0.459. The van der Waals surface area contributed by atoms with E-state index in [0.29, 0.717) is 37.2 Å². The van der Waals surface area contributed by atoms with Gasteiger partial charge in [0.05, 0.1) is 23.2 Å². The largest absolute Gasteiger partial charge is 0.381 e. The lowest BCUT2D eigenvalue weighted by molar-refractivity contribution is 0.0673. The molecule has 4 atom stereocenters. The quantitative estimate of drug-likeness (QED) is 0.209. The van der Waals surface area contributed by atoms with Gasteiger partial charge in [-0.15, -0.1) is 0 Å². The highest BCUT2D eigenvalue weighted by Gasteiger charge is 2.35. The number of ether oxygens (including phenoxy) is 1. The monoisotopic (exact) mass is 724 g/mol. The lowest BCUT2D eigenvalue weighted by Crippen LogP contribution is -2.45. The molecular weight excluding hydrogens is 684 g/mol. The minimum atomic E-state index is -1.41. The number of aromatic nitrogens is 4. The number of aromatic amines is 2. The Balaban J connectivity index is 0.000000162. The van der Waals surface area contributed by atoms with Crippen LogP contribution in [0.1, 0.15) is 91.4 Å². The molecule has 4 N–H and O–H groups in total. The zero-order valence-electron chi connectivity index (χ0n) is 28.3. The second-order valence-electron chi connectivity index (χ2n) is 13.8. The molecule has 1 saturated heterocycles. The third kappa shape index (κ3) is 7.10. The molecule has 0 amide bonds. The summed E-state index contributed by atoms with van der Waals surface area (Å²) in [6, 6.07) is 9.32. The maximum absolute atomic E-state index is 14.8. The number of hydrogen-bond donors (Lipinski definition) is 4. The third-order valence-corrected chi connectivity index (χ3v) is 10.5. The van der Waals surface area contributed by atoms with Crippen LogP contribution in [0.25, 0.3) is 0 Å². The highest BCUT2D eigenvalue weighted by molar-refractivity contribution is 5.50. The van der Waals surface area contributed by atoms with Crippen molar-refractivity contribution in [1.82, 2.24) is 19.1 Å². The van der Waals surface area contributed by atoms with E-state index in [1.807, 2.05) is 0 Å². The Labute approximate surface area is 295 Å². The standard InChI is InChI=1S/C19H21F2N3O2.C18H19F2N3O3/c20-12-6-4-5-11(9-12)16-15(21)10-14-17(22-16)23-19(26)24(18(14)25)13-7-2-1-3-8-13;19-11-3-1-2-10(8-11)15-14(20)9-13-16(21-15)22-18(25)23(17(13)24)12-4-6-26-7-5-12/h4-6,9,13,15-16,22H,1-3,7-8,10H2,(H,23,26);1-3,8,12,14-15,21H,4-7,9H2,(H,22,25)/t15-,16-;14-,15+/m01/s1. The number of alkyl halides is 2. The van der Waals surface area contributed by atoms with Crippen molar-refractivity contribution in [2.24, 2.45) is 0 Å². The van der Waals surface area contributed by atoms with E-state index in [1.54, 1.807) is 12.1 Å². The van der Waals surface area contributed by atoms with Crippen molar-refractivity contribution in [1.29, 1.82) is 0 Å². The molecule has 2 aromatic heterocycles. The number of rotatable bonds is 4. The molecule has 15 heteroatoms. The van der Waals surface area contributed by atoms with Crippen LogP contribution in [0.5, 0.6) is 0 Å². The molecular formula is C37H40F4N6O5. The first-order chi connectivity index (χ1) is 25.1. The molecule has 52 heavy (non-hydrogen) atoms. The van der Waals surface area contributed by atoms with E-state index in [4.69, 9.17) is 4.74 Å². The number of nitrogens with one attached hydrogen (secondary N) is 4. The van der Waals surface area contributed by atoms with E-state index in [9.17, 15) is 36.7 Å². The fourth-order valence-electron chi connectivity index (χ4n) is 7.85. The van der Waals surface area contributed by atoms with E-state index < -0.39 is 58.6 Å². The predicted octanol–water partition coefficient (Wildman–Crippen LogP) is 5.30. The van der Waals surface area contributed by atoms with E-state index in [1.165, 1.54) is 45.5 Å². The van der Waals surface area contributed by atoms with Gasteiger partial charge in [-0.25, -0.2) is 27.2 Å². The molecule has 2 fully saturated rings. The molecule has 2 aromatic carbocycles. The number of fused-ring (bicyclic) bond motifs is 2. The van der Waals surface area contributed by atoms with Gasteiger partial charge in [-0.1, -0.05) is 43.5 Å². The summed E-state index contributed by atoms with van der Waals surface area (Å²) in [5, 5.41) is 5.76. The average molecular weight is 725 g/mol. The Morgan fingerprint density at radius 1 is 0.615 bits per heavy atom. The summed E-state index contributed by atoms with van der Waals surface area (Å²) in [4.78, 5) is 56.0. The van der Waals surface area contributed by atoms with Gasteiger partial charge in [-0.2, -0.15) is 0 Å². The minimum absolute atomic E-state index is 0.105. The predicted molar refractivity (Wildman–Crippen MR) is 187 cm³/mol. The molecule has 3 aliphatic heterocycles. The SMILES string of the molecule is O=c1[nH]c2c(c(=O)n1C1CCCCC1)C[C@H](F)[C@H](c1cccc(F)c1)N2.O=c1[nH]c2c(c(=O)n1C1CCOCC1)C[C@@H](F)[C@H](c1cccc(F)c1)N2. The number of benzene rings is 2. The summed E-state index contributed by atoms with van der Waals surface area (Å²) in [6.07, 6.45) is 2.76. The Morgan fingerprint density at radius 2 is 1.06 bits per heavy atom. The summed E-state index contributed by atoms with van der Waals surface area (Å²) in [5.41, 5.74) is -0.525. The van der Waals surface area contributed by atoms with Gasteiger partial charge in [-0.05, 0) is 61.1 Å². The Hall–Kier alpha value is -4.92. The van der Waals surface area contributed by atoms with Gasteiger partial charge >= 0.3 is 11.4 Å². The minimum Gasteiger partial charge on any atom is -0.381 e. The van der Waals surface area contributed by atoms with Crippen LogP contribution in [0.15, 0.2) is 67.7 Å². The van der Waals surface area contributed by atoms with Gasteiger partial charge in [0, 0.05) is 38.1 Å². The molecule has 5 heterocycles. The van der Waals surface area contributed by atoms with Gasteiger partial charge in [0.25, 0.3) is 11.1 Å². The van der Waals surface area contributed by atoms with Crippen LogP contribution in [-0.2, 0) is 17.6 Å². The van der Waals surface area contributed by atoms with Crippen molar-refractivity contribution in [3.63, 3.8) is 0 Å². The van der Waals surface area contributed by atoms with Gasteiger partial charge < -0.3 is 15.4 Å². The van der Waals surface area contributed by atoms with E-state index in [2.05, 4.69) is 20.6 Å².